The van der Waals surface area contributed by atoms with Gasteiger partial charge in [-0.3, -0.25) is 4.79 Å². The number of halogens is 1. The molecule has 4 heteroatoms. The van der Waals surface area contributed by atoms with Crippen molar-refractivity contribution in [3.63, 3.8) is 0 Å². The summed E-state index contributed by atoms with van der Waals surface area (Å²) >= 11 is 3.43. The van der Waals surface area contributed by atoms with Crippen molar-refractivity contribution >= 4 is 21.8 Å². The largest absolute Gasteiger partial charge is 0.336 e. The maximum Gasteiger partial charge on any atom is 0.227 e. The average Bonchev–Trinajstić information content (AvgIpc) is 2.72. The van der Waals surface area contributed by atoms with Crippen LogP contribution in [0.4, 0.5) is 0 Å². The Labute approximate surface area is 116 Å². The maximum absolute atomic E-state index is 12.4. The van der Waals surface area contributed by atoms with Gasteiger partial charge in [-0.15, -0.1) is 0 Å². The number of carbonyl (C=O) groups is 1. The van der Waals surface area contributed by atoms with Gasteiger partial charge in [0.25, 0.3) is 0 Å². The number of nitrogens with zero attached hydrogens (tertiary/aromatic N) is 1. The van der Waals surface area contributed by atoms with E-state index in [1.165, 1.54) is 0 Å². The normalized spacial score (nSPS) is 23.4. The van der Waals surface area contributed by atoms with Crippen molar-refractivity contribution in [2.24, 2.45) is 5.73 Å². The van der Waals surface area contributed by atoms with Gasteiger partial charge in [-0.2, -0.15) is 0 Å². The van der Waals surface area contributed by atoms with Gasteiger partial charge in [-0.05, 0) is 37.5 Å². The molecule has 98 valence electrons. The summed E-state index contributed by atoms with van der Waals surface area (Å²) in [4.78, 5) is 14.3. The third-order valence-corrected chi connectivity index (χ3v) is 4.23. The lowest BCUT2D eigenvalue weighted by Crippen LogP contribution is -2.50. The van der Waals surface area contributed by atoms with Crippen LogP contribution >= 0.6 is 15.9 Å². The molecule has 0 spiro atoms. The highest BCUT2D eigenvalue weighted by Gasteiger charge is 2.37. The second-order valence-electron chi connectivity index (χ2n) is 5.16. The lowest BCUT2D eigenvalue weighted by molar-refractivity contribution is -0.133. The molecule has 0 saturated carbocycles. The highest BCUT2D eigenvalue weighted by atomic mass is 79.9. The van der Waals surface area contributed by atoms with E-state index in [9.17, 15) is 4.79 Å². The standard InChI is InChI=1S/C14H19BrN2O/c1-14(10-16)6-3-7-17(14)13(18)9-11-4-2-5-12(15)8-11/h2,4-5,8H,3,6-7,9-10,16H2,1H3. The maximum atomic E-state index is 12.4. The molecule has 18 heavy (non-hydrogen) atoms. The highest BCUT2D eigenvalue weighted by Crippen LogP contribution is 2.28. The van der Waals surface area contributed by atoms with Crippen LogP contribution in [0.25, 0.3) is 0 Å². The van der Waals surface area contributed by atoms with Crippen LogP contribution in [0.2, 0.25) is 0 Å². The topological polar surface area (TPSA) is 46.3 Å². The molecule has 1 aliphatic heterocycles. The van der Waals surface area contributed by atoms with Crippen LogP contribution in [-0.4, -0.2) is 29.4 Å². The van der Waals surface area contributed by atoms with Crippen LogP contribution in [-0.2, 0) is 11.2 Å². The Bertz CT molecular complexity index is 449. The van der Waals surface area contributed by atoms with E-state index in [-0.39, 0.29) is 11.4 Å². The molecule has 1 heterocycles. The van der Waals surface area contributed by atoms with E-state index in [4.69, 9.17) is 5.73 Å². The van der Waals surface area contributed by atoms with Crippen molar-refractivity contribution in [2.75, 3.05) is 13.1 Å². The van der Waals surface area contributed by atoms with Gasteiger partial charge in [0.05, 0.1) is 12.0 Å². The van der Waals surface area contributed by atoms with Gasteiger partial charge in [-0.25, -0.2) is 0 Å². The number of hydrogen-bond acceptors (Lipinski definition) is 2. The van der Waals surface area contributed by atoms with E-state index in [0.717, 1.165) is 29.4 Å². The molecule has 1 aliphatic rings. The zero-order chi connectivity index (χ0) is 13.2. The van der Waals surface area contributed by atoms with Crippen LogP contribution in [0.3, 0.4) is 0 Å². The van der Waals surface area contributed by atoms with Crippen LogP contribution in [0.15, 0.2) is 28.7 Å². The predicted molar refractivity (Wildman–Crippen MR) is 76.3 cm³/mol. The number of hydrogen-bond donors (Lipinski definition) is 1. The Kier molecular flexibility index (Phi) is 4.07. The smallest absolute Gasteiger partial charge is 0.227 e. The Balaban J connectivity index is 2.08. The van der Waals surface area contributed by atoms with Gasteiger partial charge in [-0.1, -0.05) is 28.1 Å². The first-order valence-electron chi connectivity index (χ1n) is 6.30. The Morgan fingerprint density at radius 1 is 1.56 bits per heavy atom. The summed E-state index contributed by atoms with van der Waals surface area (Å²) in [6, 6.07) is 7.90. The summed E-state index contributed by atoms with van der Waals surface area (Å²) in [6.07, 6.45) is 2.51. The summed E-state index contributed by atoms with van der Waals surface area (Å²) in [6.45, 7) is 3.45. The van der Waals surface area contributed by atoms with E-state index >= 15 is 0 Å². The minimum absolute atomic E-state index is 0.150. The Morgan fingerprint density at radius 3 is 3.00 bits per heavy atom. The molecular weight excluding hydrogens is 292 g/mol. The van der Waals surface area contributed by atoms with E-state index in [1.54, 1.807) is 0 Å². The number of rotatable bonds is 3. The molecule has 1 fully saturated rings. The van der Waals surface area contributed by atoms with Gasteiger partial charge in [0.15, 0.2) is 0 Å². The van der Waals surface area contributed by atoms with Crippen molar-refractivity contribution in [2.45, 2.75) is 31.7 Å². The van der Waals surface area contributed by atoms with Crippen LogP contribution in [0.1, 0.15) is 25.3 Å². The van der Waals surface area contributed by atoms with Gasteiger partial charge in [0.1, 0.15) is 0 Å². The number of nitrogens with two attached hydrogens (primary N) is 1. The molecule has 2 N–H and O–H groups in total. The molecule has 1 atom stereocenters. The molecular formula is C14H19BrN2O. The Morgan fingerprint density at radius 2 is 2.33 bits per heavy atom. The molecule has 3 nitrogen and oxygen atoms in total. The molecule has 0 aliphatic carbocycles. The molecule has 1 aromatic rings. The highest BCUT2D eigenvalue weighted by molar-refractivity contribution is 9.10. The summed E-state index contributed by atoms with van der Waals surface area (Å²) in [7, 11) is 0. The zero-order valence-corrected chi connectivity index (χ0v) is 12.2. The lowest BCUT2D eigenvalue weighted by atomic mass is 9.98. The first-order valence-corrected chi connectivity index (χ1v) is 7.09. The third kappa shape index (κ3) is 2.75. The fourth-order valence-corrected chi connectivity index (χ4v) is 3.02. The fourth-order valence-electron chi connectivity index (χ4n) is 2.58. The van der Waals surface area contributed by atoms with E-state index in [1.807, 2.05) is 29.2 Å². The van der Waals surface area contributed by atoms with Gasteiger partial charge in [0, 0.05) is 17.6 Å². The van der Waals surface area contributed by atoms with E-state index in [2.05, 4.69) is 22.9 Å². The number of benzene rings is 1. The van der Waals surface area contributed by atoms with E-state index in [0.29, 0.717) is 13.0 Å². The van der Waals surface area contributed by atoms with Gasteiger partial charge < -0.3 is 10.6 Å². The summed E-state index contributed by atoms with van der Waals surface area (Å²) < 4.78 is 1.01. The average molecular weight is 311 g/mol. The van der Waals surface area contributed by atoms with Crippen LogP contribution in [0, 0.1) is 0 Å². The minimum atomic E-state index is -0.150. The molecule has 1 aromatic carbocycles. The first-order chi connectivity index (χ1) is 8.55. The molecule has 2 rings (SSSR count). The number of likely N-dealkylation sites (tertiary alicyclic amines) is 1. The molecule has 1 saturated heterocycles. The van der Waals surface area contributed by atoms with Crippen molar-refractivity contribution in [3.8, 4) is 0 Å². The second kappa shape index (κ2) is 5.41. The van der Waals surface area contributed by atoms with E-state index < -0.39 is 0 Å². The van der Waals surface area contributed by atoms with Gasteiger partial charge in [0.2, 0.25) is 5.91 Å². The minimum Gasteiger partial charge on any atom is -0.336 e. The molecule has 0 bridgehead atoms. The lowest BCUT2D eigenvalue weighted by Gasteiger charge is -2.34. The zero-order valence-electron chi connectivity index (χ0n) is 10.7. The monoisotopic (exact) mass is 310 g/mol. The summed E-state index contributed by atoms with van der Waals surface area (Å²) in [5.74, 6) is 0.179. The number of amides is 1. The van der Waals surface area contributed by atoms with Gasteiger partial charge >= 0.3 is 0 Å². The molecule has 0 radical (unpaired) electrons. The number of carbonyl (C=O) groups excluding carboxylic acids is 1. The quantitative estimate of drug-likeness (QED) is 0.931. The first kappa shape index (κ1) is 13.6. The predicted octanol–water partition coefficient (Wildman–Crippen LogP) is 2.33. The molecule has 1 amide bonds. The fraction of sp³-hybridized carbons (Fsp3) is 0.500. The van der Waals surface area contributed by atoms with Crippen molar-refractivity contribution in [1.29, 1.82) is 0 Å². The van der Waals surface area contributed by atoms with Crippen LogP contribution in [0.5, 0.6) is 0 Å². The summed E-state index contributed by atoms with van der Waals surface area (Å²) in [5, 5.41) is 0. The molecule has 0 aromatic heterocycles. The molecule has 1 unspecified atom stereocenters. The van der Waals surface area contributed by atoms with Crippen molar-refractivity contribution in [3.05, 3.63) is 34.3 Å². The van der Waals surface area contributed by atoms with Crippen LogP contribution < -0.4 is 5.73 Å². The van der Waals surface area contributed by atoms with Crippen molar-refractivity contribution < 1.29 is 4.79 Å². The van der Waals surface area contributed by atoms with Crippen molar-refractivity contribution in [1.82, 2.24) is 4.90 Å². The Hall–Kier alpha value is -0.870. The SMILES string of the molecule is CC1(CN)CCCN1C(=O)Cc1cccc(Br)c1. The third-order valence-electron chi connectivity index (χ3n) is 3.73. The second-order valence-corrected chi connectivity index (χ2v) is 6.07. The summed E-state index contributed by atoms with van der Waals surface area (Å²) in [5.41, 5.74) is 6.70.